The third-order valence-corrected chi connectivity index (χ3v) is 6.27. The van der Waals surface area contributed by atoms with E-state index in [1.165, 1.54) is 56.9 Å². The molecule has 1 aromatic heterocycles. The number of rotatable bonds is 11. The predicted octanol–water partition coefficient (Wildman–Crippen LogP) is 6.84. The summed E-state index contributed by atoms with van der Waals surface area (Å²) < 4.78 is 0. The number of nitriles is 1. The zero-order valence-electron chi connectivity index (χ0n) is 18.1. The minimum atomic E-state index is -0.0426. The van der Waals surface area contributed by atoms with Crippen LogP contribution in [0.15, 0.2) is 12.4 Å². The number of hydrogen-bond donors (Lipinski definition) is 1. The van der Waals surface area contributed by atoms with Crippen LogP contribution in [0, 0.1) is 36.0 Å². The molecule has 4 unspecified atom stereocenters. The van der Waals surface area contributed by atoms with Crippen LogP contribution in [0.5, 0.6) is 0 Å². The lowest BCUT2D eigenvalue weighted by Crippen LogP contribution is -2.28. The van der Waals surface area contributed by atoms with Crippen molar-refractivity contribution in [1.29, 1.82) is 5.26 Å². The Morgan fingerprint density at radius 2 is 1.70 bits per heavy atom. The molecular formula is C24H39N3. The first kappa shape index (κ1) is 21.7. The molecule has 3 heteroatoms. The highest BCUT2D eigenvalue weighted by atomic mass is 15.0. The van der Waals surface area contributed by atoms with Crippen molar-refractivity contribution in [3.63, 3.8) is 0 Å². The molecule has 1 aliphatic heterocycles. The van der Waals surface area contributed by atoms with Crippen LogP contribution in [0.3, 0.4) is 0 Å². The number of anilines is 1. The van der Waals surface area contributed by atoms with Crippen molar-refractivity contribution < 1.29 is 0 Å². The molecule has 0 saturated carbocycles. The first-order chi connectivity index (χ1) is 12.9. The molecule has 0 bridgehead atoms. The van der Waals surface area contributed by atoms with Gasteiger partial charge in [0.05, 0.1) is 23.9 Å². The highest BCUT2D eigenvalue weighted by Crippen LogP contribution is 2.40. The Morgan fingerprint density at radius 1 is 1.00 bits per heavy atom. The van der Waals surface area contributed by atoms with Crippen molar-refractivity contribution in [3.8, 4) is 6.07 Å². The van der Waals surface area contributed by atoms with Gasteiger partial charge in [-0.3, -0.25) is 4.98 Å². The molecule has 3 nitrogen and oxygen atoms in total. The molecule has 27 heavy (non-hydrogen) atoms. The second kappa shape index (κ2) is 10.7. The second-order valence-electron chi connectivity index (χ2n) is 9.24. The van der Waals surface area contributed by atoms with E-state index in [0.717, 1.165) is 23.1 Å². The molecule has 0 saturated heterocycles. The van der Waals surface area contributed by atoms with Crippen molar-refractivity contribution in [1.82, 2.24) is 4.98 Å². The van der Waals surface area contributed by atoms with Crippen molar-refractivity contribution in [3.05, 3.63) is 23.5 Å². The quantitative estimate of drug-likeness (QED) is 0.434. The van der Waals surface area contributed by atoms with Crippen molar-refractivity contribution in [2.75, 3.05) is 5.32 Å². The molecule has 0 spiro atoms. The average molecular weight is 370 g/mol. The number of unbranched alkanes of at least 4 members (excludes halogenated alkanes) is 2. The number of aromatic nitrogens is 1. The molecule has 1 N–H and O–H groups in total. The monoisotopic (exact) mass is 369 g/mol. The summed E-state index contributed by atoms with van der Waals surface area (Å²) in [5, 5.41) is 13.3. The van der Waals surface area contributed by atoms with Gasteiger partial charge in [-0.05, 0) is 36.7 Å². The highest BCUT2D eigenvalue weighted by Gasteiger charge is 2.36. The van der Waals surface area contributed by atoms with Crippen LogP contribution in [0.2, 0.25) is 0 Å². The molecule has 0 fully saturated rings. The molecule has 0 amide bonds. The lowest BCUT2D eigenvalue weighted by molar-refractivity contribution is 0.394. The van der Waals surface area contributed by atoms with Gasteiger partial charge in [0, 0.05) is 17.8 Å². The van der Waals surface area contributed by atoms with Crippen molar-refractivity contribution >= 4 is 5.69 Å². The Kier molecular flexibility index (Phi) is 8.61. The molecule has 0 aliphatic carbocycles. The summed E-state index contributed by atoms with van der Waals surface area (Å²) in [4.78, 5) is 4.28. The molecule has 0 radical (unpaired) electrons. The zero-order chi connectivity index (χ0) is 19.8. The maximum atomic E-state index is 9.72. The molecule has 1 aromatic rings. The van der Waals surface area contributed by atoms with E-state index in [2.05, 4.69) is 51.0 Å². The van der Waals surface area contributed by atoms with E-state index in [9.17, 15) is 5.26 Å². The van der Waals surface area contributed by atoms with Gasteiger partial charge in [0.25, 0.3) is 0 Å². The van der Waals surface area contributed by atoms with Gasteiger partial charge < -0.3 is 5.32 Å². The van der Waals surface area contributed by atoms with Crippen molar-refractivity contribution in [2.24, 2.45) is 17.8 Å². The van der Waals surface area contributed by atoms with Crippen LogP contribution >= 0.6 is 0 Å². The van der Waals surface area contributed by atoms with Crippen molar-refractivity contribution in [2.45, 2.75) is 97.9 Å². The average Bonchev–Trinajstić information content (AvgIpc) is 3.01. The van der Waals surface area contributed by atoms with Gasteiger partial charge in [-0.2, -0.15) is 5.26 Å². The van der Waals surface area contributed by atoms with Crippen LogP contribution < -0.4 is 5.32 Å². The first-order valence-corrected chi connectivity index (χ1v) is 11.0. The van der Waals surface area contributed by atoms with E-state index in [0.29, 0.717) is 5.92 Å². The van der Waals surface area contributed by atoms with E-state index in [1.807, 2.05) is 12.4 Å². The Labute approximate surface area is 167 Å². The number of hydrogen-bond acceptors (Lipinski definition) is 3. The summed E-state index contributed by atoms with van der Waals surface area (Å²) in [7, 11) is 0. The summed E-state index contributed by atoms with van der Waals surface area (Å²) in [5.41, 5.74) is 3.36. The first-order valence-electron chi connectivity index (χ1n) is 11.0. The molecule has 1 aliphatic rings. The number of aryl methyl sites for hydroxylation is 1. The normalized spacial score (nSPS) is 20.8. The standard InChI is InChI=1S/C24H39N3/c1-17(2)10-9-12-18(3)11-7-6-8-13-19(4)24-21(14-25)23-20(5)15-26-16-22(23)27-24/h15-19,21,24,27H,6-13H2,1-5H3. The summed E-state index contributed by atoms with van der Waals surface area (Å²) >= 11 is 0. The van der Waals surface area contributed by atoms with E-state index in [-0.39, 0.29) is 12.0 Å². The summed E-state index contributed by atoms with van der Waals surface area (Å²) in [6.07, 6.45) is 14.4. The SMILES string of the molecule is Cc1cncc2c1C(C#N)C(C(C)CCCCCC(C)CCCC(C)C)N2. The number of fused-ring (bicyclic) bond motifs is 1. The Morgan fingerprint density at radius 3 is 2.41 bits per heavy atom. The number of nitrogens with one attached hydrogen (secondary N) is 1. The molecule has 4 atom stereocenters. The molecule has 2 heterocycles. The Hall–Kier alpha value is -1.56. The third-order valence-electron chi connectivity index (χ3n) is 6.27. The van der Waals surface area contributed by atoms with E-state index in [1.54, 1.807) is 0 Å². The molecule has 2 rings (SSSR count). The van der Waals surface area contributed by atoms with E-state index >= 15 is 0 Å². The van der Waals surface area contributed by atoms with E-state index < -0.39 is 0 Å². The highest BCUT2D eigenvalue weighted by molar-refractivity contribution is 5.62. The number of nitrogens with zero attached hydrogens (tertiary/aromatic N) is 2. The largest absolute Gasteiger partial charge is 0.379 e. The van der Waals surface area contributed by atoms with Crippen LogP contribution in [-0.2, 0) is 0 Å². The number of pyridine rings is 1. The molecule has 150 valence electrons. The van der Waals surface area contributed by atoms with Gasteiger partial charge in [0.15, 0.2) is 0 Å². The van der Waals surface area contributed by atoms with Crippen LogP contribution in [0.25, 0.3) is 0 Å². The van der Waals surface area contributed by atoms with Gasteiger partial charge in [-0.1, -0.05) is 72.6 Å². The van der Waals surface area contributed by atoms with Gasteiger partial charge in [0.2, 0.25) is 0 Å². The molecule has 0 aromatic carbocycles. The molecular weight excluding hydrogens is 330 g/mol. The fraction of sp³-hybridized carbons (Fsp3) is 0.750. The minimum absolute atomic E-state index is 0.0426. The fourth-order valence-corrected chi connectivity index (χ4v) is 4.50. The zero-order valence-corrected chi connectivity index (χ0v) is 18.1. The van der Waals surface area contributed by atoms with Gasteiger partial charge in [-0.25, -0.2) is 0 Å². The van der Waals surface area contributed by atoms with Gasteiger partial charge in [-0.15, -0.1) is 0 Å². The summed E-state index contributed by atoms with van der Waals surface area (Å²) in [6.45, 7) is 11.4. The predicted molar refractivity (Wildman–Crippen MR) is 115 cm³/mol. The minimum Gasteiger partial charge on any atom is -0.379 e. The van der Waals surface area contributed by atoms with Crippen LogP contribution in [0.4, 0.5) is 5.69 Å². The van der Waals surface area contributed by atoms with Gasteiger partial charge >= 0.3 is 0 Å². The third kappa shape index (κ3) is 6.23. The lowest BCUT2D eigenvalue weighted by Gasteiger charge is -2.23. The Bertz CT molecular complexity index is 617. The van der Waals surface area contributed by atoms with Crippen LogP contribution in [-0.4, -0.2) is 11.0 Å². The van der Waals surface area contributed by atoms with E-state index in [4.69, 9.17) is 0 Å². The lowest BCUT2D eigenvalue weighted by atomic mass is 9.84. The summed E-state index contributed by atoms with van der Waals surface area (Å²) in [5.74, 6) is 2.17. The topological polar surface area (TPSA) is 48.7 Å². The van der Waals surface area contributed by atoms with Gasteiger partial charge in [0.1, 0.15) is 0 Å². The smallest absolute Gasteiger partial charge is 0.0939 e. The Balaban J connectivity index is 1.69. The second-order valence-corrected chi connectivity index (χ2v) is 9.24. The summed E-state index contributed by atoms with van der Waals surface area (Å²) in [6, 6.07) is 2.77. The maximum absolute atomic E-state index is 9.72. The van der Waals surface area contributed by atoms with Crippen LogP contribution in [0.1, 0.15) is 96.1 Å². The fourth-order valence-electron chi connectivity index (χ4n) is 4.50. The maximum Gasteiger partial charge on any atom is 0.0939 e.